The molecular formula is C33H41F3N6O4. The van der Waals surface area contributed by atoms with E-state index in [1.165, 1.54) is 38.9 Å². The van der Waals surface area contributed by atoms with E-state index in [0.29, 0.717) is 47.5 Å². The van der Waals surface area contributed by atoms with E-state index in [9.17, 15) is 27.9 Å². The Balaban J connectivity index is 1.06. The topological polar surface area (TPSA) is 113 Å². The number of benzene rings is 1. The fraction of sp³-hybridized carbons (Fsp3) is 0.576. The number of halogens is 3. The molecule has 0 bridgehead atoms. The van der Waals surface area contributed by atoms with Crippen LogP contribution in [0.15, 0.2) is 36.5 Å². The summed E-state index contributed by atoms with van der Waals surface area (Å²) in [7, 11) is 3.72. The molecule has 0 unspecified atom stereocenters. The highest BCUT2D eigenvalue weighted by molar-refractivity contribution is 6.05. The Kier molecular flexibility index (Phi) is 8.88. The molecule has 3 heterocycles. The van der Waals surface area contributed by atoms with Crippen molar-refractivity contribution in [2.45, 2.75) is 88.5 Å². The largest absolute Gasteiger partial charge is 0.494 e. The Hall–Kier alpha value is -3.87. The number of carbonyl (C=O) groups excluding carboxylic acids is 1. The number of methoxy groups -OCH3 is 1. The van der Waals surface area contributed by atoms with Gasteiger partial charge in [-0.15, -0.1) is 0 Å². The minimum absolute atomic E-state index is 0.240. The van der Waals surface area contributed by atoms with E-state index < -0.39 is 23.9 Å². The molecule has 3 fully saturated rings. The Morgan fingerprint density at radius 2 is 1.70 bits per heavy atom. The highest BCUT2D eigenvalue weighted by atomic mass is 19.4. The van der Waals surface area contributed by atoms with Gasteiger partial charge in [0.15, 0.2) is 0 Å². The van der Waals surface area contributed by atoms with Crippen molar-refractivity contribution >= 4 is 28.6 Å². The summed E-state index contributed by atoms with van der Waals surface area (Å²) in [6.07, 6.45) is 7.26. The van der Waals surface area contributed by atoms with Gasteiger partial charge in [0.1, 0.15) is 17.1 Å². The Morgan fingerprint density at radius 1 is 1.02 bits per heavy atom. The Bertz CT molecular complexity index is 1570. The highest BCUT2D eigenvalue weighted by Crippen LogP contribution is 2.46. The minimum atomic E-state index is -4.65. The standard InChI is InChI=1S/C33H41F3N6O4/c1-40(23-10-12-32(13-11-23)14-16-41(17-15-32)31(44)45)22-6-8-24(9-7-22)42-20-21-18-27(28(46-2)19-26(21)39-42)38-30(43)25-4-3-5-29(37-25)33(34,35)36/h3-5,18-20,22-24H,6-17H2,1-2H3,(H,38,43)(H,44,45). The number of nitrogens with zero attached hydrogens (tertiary/aromatic N) is 5. The molecule has 3 aromatic rings. The summed E-state index contributed by atoms with van der Waals surface area (Å²) >= 11 is 0. The van der Waals surface area contributed by atoms with E-state index in [1.54, 1.807) is 17.0 Å². The number of likely N-dealkylation sites (tertiary alicyclic amines) is 1. The number of amides is 2. The second-order valence-corrected chi connectivity index (χ2v) is 13.2. The minimum Gasteiger partial charge on any atom is -0.494 e. The second-order valence-electron chi connectivity index (χ2n) is 13.2. The van der Waals surface area contributed by atoms with Gasteiger partial charge < -0.3 is 25.0 Å². The zero-order chi connectivity index (χ0) is 32.6. The van der Waals surface area contributed by atoms with Crippen LogP contribution in [0, 0.1) is 5.41 Å². The lowest BCUT2D eigenvalue weighted by Gasteiger charge is -2.48. The van der Waals surface area contributed by atoms with Crippen LogP contribution in [-0.2, 0) is 6.18 Å². The van der Waals surface area contributed by atoms with Gasteiger partial charge in [0.05, 0.1) is 24.4 Å². The molecule has 2 saturated carbocycles. The molecule has 0 radical (unpaired) electrons. The summed E-state index contributed by atoms with van der Waals surface area (Å²) in [5.41, 5.74) is -0.138. The van der Waals surface area contributed by atoms with Gasteiger partial charge >= 0.3 is 12.3 Å². The number of rotatable bonds is 6. The molecule has 2 N–H and O–H groups in total. The molecule has 248 valence electrons. The van der Waals surface area contributed by atoms with Crippen molar-refractivity contribution < 1.29 is 32.6 Å². The van der Waals surface area contributed by atoms with Crippen LogP contribution in [0.1, 0.15) is 86.4 Å². The fourth-order valence-corrected chi connectivity index (χ4v) is 7.75. The zero-order valence-corrected chi connectivity index (χ0v) is 26.2. The smallest absolute Gasteiger partial charge is 0.433 e. The molecular weight excluding hydrogens is 601 g/mol. The molecule has 46 heavy (non-hydrogen) atoms. The van der Waals surface area contributed by atoms with Gasteiger partial charge in [-0.05, 0) is 94.9 Å². The number of fused-ring (bicyclic) bond motifs is 1. The quantitative estimate of drug-likeness (QED) is 0.303. The van der Waals surface area contributed by atoms with Gasteiger partial charge in [0, 0.05) is 42.8 Å². The third-order valence-electron chi connectivity index (χ3n) is 10.7. The summed E-state index contributed by atoms with van der Waals surface area (Å²) in [6.45, 7) is 1.31. The van der Waals surface area contributed by atoms with Gasteiger partial charge in [-0.25, -0.2) is 9.78 Å². The molecule has 1 aromatic carbocycles. The van der Waals surface area contributed by atoms with Crippen molar-refractivity contribution in [3.63, 3.8) is 0 Å². The molecule has 1 saturated heterocycles. The lowest BCUT2D eigenvalue weighted by atomic mass is 9.66. The number of alkyl halides is 3. The average Bonchev–Trinajstić information content (AvgIpc) is 3.47. The van der Waals surface area contributed by atoms with Gasteiger partial charge in [0.25, 0.3) is 5.91 Å². The third-order valence-corrected chi connectivity index (χ3v) is 10.7. The van der Waals surface area contributed by atoms with Crippen molar-refractivity contribution in [1.29, 1.82) is 0 Å². The van der Waals surface area contributed by atoms with E-state index >= 15 is 0 Å². The van der Waals surface area contributed by atoms with Crippen molar-refractivity contribution in [3.8, 4) is 5.75 Å². The van der Waals surface area contributed by atoms with Gasteiger partial charge in [-0.1, -0.05) is 6.07 Å². The molecule has 6 rings (SSSR count). The molecule has 10 nitrogen and oxygen atoms in total. The zero-order valence-electron chi connectivity index (χ0n) is 26.2. The van der Waals surface area contributed by atoms with Crippen molar-refractivity contribution in [2.75, 3.05) is 32.6 Å². The van der Waals surface area contributed by atoms with Crippen LogP contribution in [0.5, 0.6) is 5.75 Å². The maximum Gasteiger partial charge on any atom is 0.433 e. The number of piperidine rings is 1. The molecule has 1 spiro atoms. The maximum absolute atomic E-state index is 13.1. The second kappa shape index (κ2) is 12.7. The molecule has 1 aliphatic heterocycles. The number of carboxylic acid groups (broad SMARTS) is 1. The van der Waals surface area contributed by atoms with Crippen LogP contribution in [0.25, 0.3) is 10.9 Å². The number of hydrogen-bond acceptors (Lipinski definition) is 6. The fourth-order valence-electron chi connectivity index (χ4n) is 7.75. The van der Waals surface area contributed by atoms with E-state index in [1.807, 2.05) is 10.9 Å². The van der Waals surface area contributed by atoms with Crippen molar-refractivity contribution in [3.05, 3.63) is 47.9 Å². The van der Waals surface area contributed by atoms with E-state index in [4.69, 9.17) is 9.84 Å². The van der Waals surface area contributed by atoms with Crippen LogP contribution < -0.4 is 10.1 Å². The molecule has 13 heteroatoms. The lowest BCUT2D eigenvalue weighted by molar-refractivity contribution is -0.141. The van der Waals surface area contributed by atoms with E-state index in [0.717, 1.165) is 56.0 Å². The molecule has 2 aromatic heterocycles. The molecule has 2 amide bonds. The number of hydrogen-bond donors (Lipinski definition) is 2. The van der Waals surface area contributed by atoms with Crippen molar-refractivity contribution in [1.82, 2.24) is 24.6 Å². The summed E-state index contributed by atoms with van der Waals surface area (Å²) < 4.78 is 46.8. The molecule has 3 aliphatic rings. The number of ether oxygens (including phenoxy) is 1. The summed E-state index contributed by atoms with van der Waals surface area (Å²) in [6, 6.07) is 7.98. The van der Waals surface area contributed by atoms with Crippen LogP contribution in [-0.4, -0.2) is 81.0 Å². The number of nitrogens with one attached hydrogen (secondary N) is 1. The van der Waals surface area contributed by atoms with Gasteiger partial charge in [-0.2, -0.15) is 18.3 Å². The van der Waals surface area contributed by atoms with Crippen LogP contribution in [0.4, 0.5) is 23.7 Å². The van der Waals surface area contributed by atoms with E-state index in [-0.39, 0.29) is 11.7 Å². The molecule has 2 aliphatic carbocycles. The number of aromatic nitrogens is 3. The Morgan fingerprint density at radius 3 is 2.33 bits per heavy atom. The van der Waals surface area contributed by atoms with Crippen molar-refractivity contribution in [2.24, 2.45) is 5.41 Å². The summed E-state index contributed by atoms with van der Waals surface area (Å²) in [5, 5.41) is 17.6. The monoisotopic (exact) mass is 642 g/mol. The van der Waals surface area contributed by atoms with E-state index in [2.05, 4.69) is 22.2 Å². The van der Waals surface area contributed by atoms with Crippen LogP contribution in [0.2, 0.25) is 0 Å². The lowest BCUT2D eigenvalue weighted by Crippen LogP contribution is -2.48. The first-order valence-electron chi connectivity index (χ1n) is 16.1. The number of anilines is 1. The normalized spacial score (nSPS) is 22.3. The summed E-state index contributed by atoms with van der Waals surface area (Å²) in [5.74, 6) is -0.416. The van der Waals surface area contributed by atoms with Crippen LogP contribution in [0.3, 0.4) is 0 Å². The number of carbonyl (C=O) groups is 2. The SMILES string of the molecule is COc1cc2nn(C3CCC(N(C)C4CCC5(CC4)CCN(C(=O)O)CC5)CC3)cc2cc1NC(=O)c1cccc(C(F)(F)F)n1. The average molecular weight is 643 g/mol. The van der Waals surface area contributed by atoms with Crippen LogP contribution >= 0.6 is 0 Å². The third kappa shape index (κ3) is 6.65. The number of pyridine rings is 1. The first kappa shape index (κ1) is 32.1. The van der Waals surface area contributed by atoms with Gasteiger partial charge in [-0.3, -0.25) is 9.48 Å². The maximum atomic E-state index is 13.1. The predicted molar refractivity (Wildman–Crippen MR) is 166 cm³/mol. The molecule has 0 atom stereocenters. The highest BCUT2D eigenvalue weighted by Gasteiger charge is 2.41. The Labute approximate surface area is 265 Å². The first-order valence-corrected chi connectivity index (χ1v) is 16.1. The first-order chi connectivity index (χ1) is 21.9. The predicted octanol–water partition coefficient (Wildman–Crippen LogP) is 6.83. The van der Waals surface area contributed by atoms with Gasteiger partial charge in [0.2, 0.25) is 0 Å². The summed E-state index contributed by atoms with van der Waals surface area (Å²) in [4.78, 5) is 31.8.